The van der Waals surface area contributed by atoms with E-state index in [2.05, 4.69) is 53.4 Å². The van der Waals surface area contributed by atoms with Gasteiger partial charge in [-0.15, -0.1) is 0 Å². The van der Waals surface area contributed by atoms with Gasteiger partial charge in [0.2, 0.25) is 0 Å². The molecule has 0 aromatic heterocycles. The Bertz CT molecular complexity index is 562. The summed E-state index contributed by atoms with van der Waals surface area (Å²) in [5, 5.41) is 0. The third-order valence-electron chi connectivity index (χ3n) is 3.40. The average molecular weight is 253 g/mol. The molecule has 1 aliphatic heterocycles. The van der Waals surface area contributed by atoms with E-state index in [4.69, 9.17) is 12.2 Å². The Morgan fingerprint density at radius 2 is 1.67 bits per heavy atom. The van der Waals surface area contributed by atoms with Crippen molar-refractivity contribution in [3.63, 3.8) is 0 Å². The summed E-state index contributed by atoms with van der Waals surface area (Å²) in [4.78, 5) is 3.29. The molecule has 0 fully saturated rings. The molecule has 0 saturated carbocycles. The molecule has 0 spiro atoms. The van der Waals surface area contributed by atoms with Crippen molar-refractivity contribution in [3.8, 4) is 0 Å². The Labute approximate surface area is 113 Å². The Kier molecular flexibility index (Phi) is 3.11. The Morgan fingerprint density at radius 1 is 0.944 bits per heavy atom. The van der Waals surface area contributed by atoms with Crippen molar-refractivity contribution >= 4 is 17.2 Å². The van der Waals surface area contributed by atoms with E-state index in [0.29, 0.717) is 0 Å². The molecule has 2 aromatic carbocycles. The average Bonchev–Trinajstić information content (AvgIpc) is 2.43. The number of fused-ring (bicyclic) bond motifs is 1. The van der Waals surface area contributed by atoms with Gasteiger partial charge in [-0.05, 0) is 17.5 Å². The summed E-state index contributed by atoms with van der Waals surface area (Å²) in [6.45, 7) is 1.93. The second kappa shape index (κ2) is 4.91. The lowest BCUT2D eigenvalue weighted by molar-refractivity contribution is 0.415. The molecule has 0 amide bonds. The van der Waals surface area contributed by atoms with Crippen LogP contribution in [0.5, 0.6) is 0 Å². The van der Waals surface area contributed by atoms with Crippen molar-refractivity contribution in [3.05, 3.63) is 71.3 Å². The van der Waals surface area contributed by atoms with Gasteiger partial charge in [-0.2, -0.15) is 0 Å². The van der Waals surface area contributed by atoms with Gasteiger partial charge in [0.25, 0.3) is 0 Å². The van der Waals surface area contributed by atoms with Crippen molar-refractivity contribution in [2.24, 2.45) is 0 Å². The van der Waals surface area contributed by atoms with E-state index in [1.807, 2.05) is 6.07 Å². The van der Waals surface area contributed by atoms with E-state index in [-0.39, 0.29) is 0 Å². The molecule has 0 aliphatic carbocycles. The minimum atomic E-state index is 0.911. The summed E-state index contributed by atoms with van der Waals surface area (Å²) >= 11 is 5.61. The molecule has 90 valence electrons. The first-order chi connectivity index (χ1) is 8.84. The summed E-state index contributed by atoms with van der Waals surface area (Å²) < 4.78 is 0. The summed E-state index contributed by atoms with van der Waals surface area (Å²) in [6.07, 6.45) is 1.09. The highest BCUT2D eigenvalue weighted by Crippen LogP contribution is 2.21. The second-order valence-electron chi connectivity index (χ2n) is 4.62. The molecule has 1 nitrogen and oxygen atoms in total. The molecule has 0 bridgehead atoms. The molecular weight excluding hydrogens is 238 g/mol. The summed E-state index contributed by atoms with van der Waals surface area (Å²) in [6, 6.07) is 19.0. The van der Waals surface area contributed by atoms with Gasteiger partial charge in [0.1, 0.15) is 4.99 Å². The predicted molar refractivity (Wildman–Crippen MR) is 78.7 cm³/mol. The van der Waals surface area contributed by atoms with Crippen molar-refractivity contribution in [1.29, 1.82) is 0 Å². The van der Waals surface area contributed by atoms with Crippen LogP contribution in [0.3, 0.4) is 0 Å². The molecule has 18 heavy (non-hydrogen) atoms. The van der Waals surface area contributed by atoms with E-state index in [1.54, 1.807) is 0 Å². The van der Waals surface area contributed by atoms with Gasteiger partial charge in [-0.3, -0.25) is 0 Å². The highest BCUT2D eigenvalue weighted by Gasteiger charge is 2.20. The Hall–Kier alpha value is -1.67. The lowest BCUT2D eigenvalue weighted by Crippen LogP contribution is -2.36. The van der Waals surface area contributed by atoms with E-state index in [1.165, 1.54) is 16.7 Å². The molecule has 2 heteroatoms. The molecule has 0 N–H and O–H groups in total. The van der Waals surface area contributed by atoms with Crippen LogP contribution in [0.15, 0.2) is 54.6 Å². The van der Waals surface area contributed by atoms with Gasteiger partial charge in [-0.25, -0.2) is 0 Å². The number of hydrogen-bond donors (Lipinski definition) is 0. The fraction of sp³-hybridized carbons (Fsp3) is 0.188. The number of thiocarbonyl (C=S) groups is 1. The molecule has 0 atom stereocenters. The zero-order valence-electron chi connectivity index (χ0n) is 10.2. The molecule has 2 aromatic rings. The maximum Gasteiger partial charge on any atom is 0.109 e. The minimum absolute atomic E-state index is 0.911. The SMILES string of the molecule is S=C1c2ccccc2CCN1Cc1ccccc1. The van der Waals surface area contributed by atoms with Crippen LogP contribution < -0.4 is 0 Å². The Morgan fingerprint density at radius 3 is 2.50 bits per heavy atom. The zero-order valence-corrected chi connectivity index (χ0v) is 11.0. The second-order valence-corrected chi connectivity index (χ2v) is 5.01. The highest BCUT2D eigenvalue weighted by molar-refractivity contribution is 7.80. The minimum Gasteiger partial charge on any atom is -0.358 e. The van der Waals surface area contributed by atoms with E-state index >= 15 is 0 Å². The van der Waals surface area contributed by atoms with Gasteiger partial charge in [-0.1, -0.05) is 66.8 Å². The first kappa shape index (κ1) is 11.4. The van der Waals surface area contributed by atoms with E-state index < -0.39 is 0 Å². The van der Waals surface area contributed by atoms with Crippen LogP contribution in [0, 0.1) is 0 Å². The van der Waals surface area contributed by atoms with Crippen LogP contribution in [0.1, 0.15) is 16.7 Å². The molecule has 3 rings (SSSR count). The predicted octanol–water partition coefficient (Wildman–Crippen LogP) is 3.42. The maximum atomic E-state index is 5.61. The van der Waals surface area contributed by atoms with Crippen LogP contribution in [-0.2, 0) is 13.0 Å². The molecular formula is C16H15NS. The largest absolute Gasteiger partial charge is 0.358 e. The molecule has 1 heterocycles. The van der Waals surface area contributed by atoms with Crippen LogP contribution >= 0.6 is 12.2 Å². The van der Waals surface area contributed by atoms with E-state index in [9.17, 15) is 0 Å². The van der Waals surface area contributed by atoms with Crippen molar-refractivity contribution < 1.29 is 0 Å². The molecule has 0 saturated heterocycles. The number of nitrogens with zero attached hydrogens (tertiary/aromatic N) is 1. The highest BCUT2D eigenvalue weighted by atomic mass is 32.1. The van der Waals surface area contributed by atoms with Crippen LogP contribution in [0.25, 0.3) is 0 Å². The molecule has 1 aliphatic rings. The normalized spacial score (nSPS) is 14.4. The number of rotatable bonds is 2. The summed E-state index contributed by atoms with van der Waals surface area (Å²) in [7, 11) is 0. The van der Waals surface area contributed by atoms with Gasteiger partial charge < -0.3 is 4.90 Å². The van der Waals surface area contributed by atoms with Gasteiger partial charge >= 0.3 is 0 Å². The molecule has 0 unspecified atom stereocenters. The van der Waals surface area contributed by atoms with Crippen LogP contribution in [-0.4, -0.2) is 16.4 Å². The van der Waals surface area contributed by atoms with Crippen molar-refractivity contribution in [2.45, 2.75) is 13.0 Å². The van der Waals surface area contributed by atoms with Gasteiger partial charge in [0, 0.05) is 18.7 Å². The summed E-state index contributed by atoms with van der Waals surface area (Å²) in [5.74, 6) is 0. The third kappa shape index (κ3) is 2.16. The number of benzene rings is 2. The Balaban J connectivity index is 1.83. The van der Waals surface area contributed by atoms with Gasteiger partial charge in [0.05, 0.1) is 0 Å². The van der Waals surface area contributed by atoms with E-state index in [0.717, 1.165) is 24.5 Å². The topological polar surface area (TPSA) is 3.24 Å². The standard InChI is InChI=1S/C16H15NS/c18-16-15-9-5-4-8-14(15)10-11-17(16)12-13-6-2-1-3-7-13/h1-9H,10-12H2. The fourth-order valence-corrected chi connectivity index (χ4v) is 2.78. The lowest BCUT2D eigenvalue weighted by Gasteiger charge is -2.31. The van der Waals surface area contributed by atoms with Crippen LogP contribution in [0.2, 0.25) is 0 Å². The van der Waals surface area contributed by atoms with Crippen LogP contribution in [0.4, 0.5) is 0 Å². The monoisotopic (exact) mass is 253 g/mol. The zero-order chi connectivity index (χ0) is 12.4. The maximum absolute atomic E-state index is 5.61. The number of hydrogen-bond acceptors (Lipinski definition) is 1. The third-order valence-corrected chi connectivity index (χ3v) is 3.88. The quantitative estimate of drug-likeness (QED) is 0.754. The first-order valence-electron chi connectivity index (χ1n) is 6.26. The first-order valence-corrected chi connectivity index (χ1v) is 6.66. The van der Waals surface area contributed by atoms with Crippen molar-refractivity contribution in [2.75, 3.05) is 6.54 Å². The molecule has 0 radical (unpaired) electrons. The van der Waals surface area contributed by atoms with Gasteiger partial charge in [0.15, 0.2) is 0 Å². The fourth-order valence-electron chi connectivity index (χ4n) is 2.43. The van der Waals surface area contributed by atoms with Crippen molar-refractivity contribution in [1.82, 2.24) is 4.90 Å². The summed E-state index contributed by atoms with van der Waals surface area (Å²) in [5.41, 5.74) is 3.93. The smallest absolute Gasteiger partial charge is 0.109 e. The lowest BCUT2D eigenvalue weighted by atomic mass is 9.99.